The van der Waals surface area contributed by atoms with Crippen molar-refractivity contribution in [2.24, 2.45) is 11.8 Å². The van der Waals surface area contributed by atoms with E-state index < -0.39 is 0 Å². The van der Waals surface area contributed by atoms with E-state index in [1.165, 1.54) is 37.4 Å². The van der Waals surface area contributed by atoms with Crippen LogP contribution in [0.2, 0.25) is 0 Å². The van der Waals surface area contributed by atoms with Crippen molar-refractivity contribution < 1.29 is 9.47 Å². The Morgan fingerprint density at radius 3 is 2.79 bits per heavy atom. The SMILES string of the molecule is C1CC(COc2nsnc2O[C@H]2C[C@@H]3CN[C@H]2C3)C1. The lowest BCUT2D eigenvalue weighted by Gasteiger charge is -2.25. The number of piperidine rings is 1. The zero-order valence-corrected chi connectivity index (χ0v) is 11.7. The molecule has 3 fully saturated rings. The van der Waals surface area contributed by atoms with Crippen LogP contribution < -0.4 is 14.8 Å². The van der Waals surface area contributed by atoms with Gasteiger partial charge in [0, 0.05) is 6.04 Å². The first-order chi connectivity index (χ1) is 9.38. The van der Waals surface area contributed by atoms with Gasteiger partial charge in [0.25, 0.3) is 11.8 Å². The van der Waals surface area contributed by atoms with E-state index in [2.05, 4.69) is 14.1 Å². The Labute approximate surface area is 117 Å². The summed E-state index contributed by atoms with van der Waals surface area (Å²) in [4.78, 5) is 0. The van der Waals surface area contributed by atoms with E-state index in [4.69, 9.17) is 9.47 Å². The molecule has 0 amide bonds. The lowest BCUT2D eigenvalue weighted by Crippen LogP contribution is -2.40. The average Bonchev–Trinajstić information content (AvgIpc) is 3.04. The van der Waals surface area contributed by atoms with Crippen molar-refractivity contribution in [3.63, 3.8) is 0 Å². The first-order valence-corrected chi connectivity index (χ1v) is 7.97. The third kappa shape index (κ3) is 2.31. The molecule has 3 atom stereocenters. The molecule has 0 aromatic carbocycles. The van der Waals surface area contributed by atoms with E-state index in [9.17, 15) is 0 Å². The number of rotatable bonds is 5. The lowest BCUT2D eigenvalue weighted by atomic mass is 9.86. The first-order valence-electron chi connectivity index (χ1n) is 7.24. The number of nitrogens with one attached hydrogen (secondary N) is 1. The van der Waals surface area contributed by atoms with Crippen molar-refractivity contribution in [1.82, 2.24) is 14.1 Å². The Morgan fingerprint density at radius 1 is 1.21 bits per heavy atom. The molecular formula is C13H19N3O2S. The Bertz CT molecular complexity index is 449. The molecule has 1 aliphatic heterocycles. The van der Waals surface area contributed by atoms with Gasteiger partial charge in [-0.3, -0.25) is 0 Å². The molecule has 1 aromatic heterocycles. The third-order valence-corrected chi connectivity index (χ3v) is 5.14. The van der Waals surface area contributed by atoms with E-state index in [1.54, 1.807) is 0 Å². The Balaban J connectivity index is 1.36. The predicted molar refractivity (Wildman–Crippen MR) is 71.7 cm³/mol. The normalized spacial score (nSPS) is 33.4. The maximum atomic E-state index is 6.01. The number of ether oxygens (including phenoxy) is 2. The molecule has 1 N–H and O–H groups in total. The van der Waals surface area contributed by atoms with Gasteiger partial charge in [-0.05, 0) is 44.1 Å². The van der Waals surface area contributed by atoms with Crippen LogP contribution in [0.5, 0.6) is 11.8 Å². The van der Waals surface area contributed by atoms with E-state index >= 15 is 0 Å². The minimum atomic E-state index is 0.244. The zero-order chi connectivity index (χ0) is 12.7. The summed E-state index contributed by atoms with van der Waals surface area (Å²) in [5, 5.41) is 3.50. The van der Waals surface area contributed by atoms with E-state index in [0.29, 0.717) is 23.7 Å². The van der Waals surface area contributed by atoms with Crippen molar-refractivity contribution in [3.8, 4) is 11.8 Å². The van der Waals surface area contributed by atoms with Gasteiger partial charge in [-0.15, -0.1) is 8.75 Å². The third-order valence-electron chi connectivity index (χ3n) is 4.64. The summed E-state index contributed by atoms with van der Waals surface area (Å²) in [6.07, 6.45) is 6.52. The summed E-state index contributed by atoms with van der Waals surface area (Å²) in [6, 6.07) is 0.492. The molecule has 5 nitrogen and oxygen atoms in total. The molecule has 1 aromatic rings. The predicted octanol–water partition coefficient (Wildman–Crippen LogP) is 1.85. The smallest absolute Gasteiger partial charge is 0.291 e. The molecule has 2 heterocycles. The van der Waals surface area contributed by atoms with Gasteiger partial charge in [-0.2, -0.15) is 0 Å². The topological polar surface area (TPSA) is 56.3 Å². The molecule has 4 rings (SSSR count). The summed E-state index contributed by atoms with van der Waals surface area (Å²) in [6.45, 7) is 1.90. The lowest BCUT2D eigenvalue weighted by molar-refractivity contribution is 0.133. The quantitative estimate of drug-likeness (QED) is 0.892. The van der Waals surface area contributed by atoms with Gasteiger partial charge in [-0.25, -0.2) is 0 Å². The van der Waals surface area contributed by atoms with Crippen LogP contribution in [0.15, 0.2) is 0 Å². The van der Waals surface area contributed by atoms with Crippen molar-refractivity contribution >= 4 is 11.7 Å². The van der Waals surface area contributed by atoms with Gasteiger partial charge < -0.3 is 14.8 Å². The highest BCUT2D eigenvalue weighted by Crippen LogP contribution is 2.36. The van der Waals surface area contributed by atoms with Gasteiger partial charge in [0.15, 0.2) is 0 Å². The Kier molecular flexibility index (Phi) is 3.07. The fraction of sp³-hybridized carbons (Fsp3) is 0.846. The largest absolute Gasteiger partial charge is 0.473 e. The molecule has 104 valence electrons. The second kappa shape index (κ2) is 4.90. The fourth-order valence-electron chi connectivity index (χ4n) is 3.26. The minimum absolute atomic E-state index is 0.244. The molecule has 0 unspecified atom stereocenters. The summed E-state index contributed by atoms with van der Waals surface area (Å²) >= 11 is 1.18. The van der Waals surface area contributed by atoms with Crippen molar-refractivity contribution in [3.05, 3.63) is 0 Å². The highest BCUT2D eigenvalue weighted by molar-refractivity contribution is 6.99. The highest BCUT2D eigenvalue weighted by Gasteiger charge is 2.41. The standard InChI is InChI=1S/C13H19N3O2S/c1-2-8(3-1)7-17-12-13(16-19-15-12)18-11-5-9-4-10(11)14-6-9/h8-11,14H,1-7H2/t9-,10+,11+/m1/s1. The van der Waals surface area contributed by atoms with Crippen LogP contribution in [0.25, 0.3) is 0 Å². The number of aromatic nitrogens is 2. The van der Waals surface area contributed by atoms with Gasteiger partial charge in [0.2, 0.25) is 0 Å². The molecule has 3 aliphatic rings. The van der Waals surface area contributed by atoms with E-state index in [1.807, 2.05) is 0 Å². The molecular weight excluding hydrogens is 262 g/mol. The number of hydrogen-bond acceptors (Lipinski definition) is 6. The first kappa shape index (κ1) is 11.9. The van der Waals surface area contributed by atoms with Crippen molar-refractivity contribution in [1.29, 1.82) is 0 Å². The van der Waals surface area contributed by atoms with Crippen molar-refractivity contribution in [2.45, 2.75) is 44.2 Å². The van der Waals surface area contributed by atoms with Crippen LogP contribution in [-0.4, -0.2) is 34.0 Å². The maximum Gasteiger partial charge on any atom is 0.291 e. The van der Waals surface area contributed by atoms with Gasteiger partial charge in [0.05, 0.1) is 18.3 Å². The maximum absolute atomic E-state index is 6.01. The molecule has 2 saturated carbocycles. The molecule has 1 saturated heterocycles. The van der Waals surface area contributed by atoms with Gasteiger partial charge >= 0.3 is 0 Å². The summed E-state index contributed by atoms with van der Waals surface area (Å²) < 4.78 is 20.2. The Hall–Kier alpha value is -0.880. The monoisotopic (exact) mass is 281 g/mol. The number of hydrogen-bond donors (Lipinski definition) is 1. The number of fused-ring (bicyclic) bond motifs is 2. The molecule has 6 heteroatoms. The highest BCUT2D eigenvalue weighted by atomic mass is 32.1. The summed E-state index contributed by atoms with van der Waals surface area (Å²) in [5.41, 5.74) is 0. The molecule has 0 spiro atoms. The van der Waals surface area contributed by atoms with Crippen LogP contribution in [0.4, 0.5) is 0 Å². The van der Waals surface area contributed by atoms with Gasteiger partial charge in [0.1, 0.15) is 6.10 Å². The average molecular weight is 281 g/mol. The minimum Gasteiger partial charge on any atom is -0.473 e. The fourth-order valence-corrected chi connectivity index (χ4v) is 3.70. The Morgan fingerprint density at radius 2 is 2.11 bits per heavy atom. The number of nitrogens with zero attached hydrogens (tertiary/aromatic N) is 2. The van der Waals surface area contributed by atoms with Crippen molar-refractivity contribution in [2.75, 3.05) is 13.2 Å². The van der Waals surface area contributed by atoms with E-state index in [-0.39, 0.29) is 6.10 Å². The second-order valence-corrected chi connectivity index (χ2v) is 6.52. The van der Waals surface area contributed by atoms with Crippen LogP contribution in [0, 0.1) is 11.8 Å². The molecule has 2 bridgehead atoms. The molecule has 0 radical (unpaired) electrons. The van der Waals surface area contributed by atoms with Crippen LogP contribution >= 0.6 is 11.7 Å². The van der Waals surface area contributed by atoms with Crippen LogP contribution in [0.1, 0.15) is 32.1 Å². The zero-order valence-electron chi connectivity index (χ0n) is 10.9. The van der Waals surface area contributed by atoms with Crippen LogP contribution in [-0.2, 0) is 0 Å². The molecule has 19 heavy (non-hydrogen) atoms. The van der Waals surface area contributed by atoms with E-state index in [0.717, 1.165) is 25.5 Å². The van der Waals surface area contributed by atoms with Gasteiger partial charge in [-0.1, -0.05) is 6.42 Å². The summed E-state index contributed by atoms with van der Waals surface area (Å²) in [5.74, 6) is 2.68. The second-order valence-electron chi connectivity index (χ2n) is 5.99. The molecule has 2 aliphatic carbocycles. The van der Waals surface area contributed by atoms with Crippen LogP contribution in [0.3, 0.4) is 0 Å². The summed E-state index contributed by atoms with van der Waals surface area (Å²) in [7, 11) is 0.